The molecular formula is C29H33N5O6. The third kappa shape index (κ3) is 7.63. The molecule has 0 radical (unpaired) electrons. The molecule has 3 heterocycles. The lowest BCUT2D eigenvalue weighted by atomic mass is 10.0. The smallest absolute Gasteiger partial charge is 0.373 e. The molecule has 1 aliphatic heterocycles. The van der Waals surface area contributed by atoms with E-state index >= 15 is 0 Å². The first-order valence-electron chi connectivity index (χ1n) is 13.0. The molecule has 2 aromatic heterocycles. The Morgan fingerprint density at radius 1 is 0.925 bits per heavy atom. The summed E-state index contributed by atoms with van der Waals surface area (Å²) in [7, 11) is 0. The largest absolute Gasteiger partial charge is 0.393 e. The number of aliphatic hydroxyl groups is 1. The van der Waals surface area contributed by atoms with Crippen molar-refractivity contribution >= 4 is 34.5 Å². The van der Waals surface area contributed by atoms with Crippen molar-refractivity contribution in [2.45, 2.75) is 58.8 Å². The van der Waals surface area contributed by atoms with Crippen molar-refractivity contribution in [3.8, 4) is 0 Å². The van der Waals surface area contributed by atoms with E-state index in [1.54, 1.807) is 0 Å². The van der Waals surface area contributed by atoms with Gasteiger partial charge in [-0.3, -0.25) is 19.1 Å². The molecule has 0 aliphatic carbocycles. The van der Waals surface area contributed by atoms with E-state index in [-0.39, 0.29) is 29.9 Å². The number of aryl methyl sites for hydroxylation is 2. The highest BCUT2D eigenvalue weighted by Crippen LogP contribution is 2.18. The maximum Gasteiger partial charge on any atom is 0.373 e. The number of nitrogens with zero attached hydrogens (tertiary/aromatic N) is 5. The molecule has 2 atom stereocenters. The van der Waals surface area contributed by atoms with E-state index in [0.717, 1.165) is 53.6 Å². The van der Waals surface area contributed by atoms with Gasteiger partial charge in [-0.2, -0.15) is 9.59 Å². The van der Waals surface area contributed by atoms with E-state index in [4.69, 9.17) is 9.59 Å². The molecule has 1 aliphatic rings. The van der Waals surface area contributed by atoms with Crippen molar-refractivity contribution in [1.29, 1.82) is 0 Å². The highest BCUT2D eigenvalue weighted by molar-refractivity contribution is 5.76. The van der Waals surface area contributed by atoms with E-state index < -0.39 is 0 Å². The highest BCUT2D eigenvalue weighted by atomic mass is 16.3. The number of aldehydes is 1. The summed E-state index contributed by atoms with van der Waals surface area (Å²) in [6.07, 6.45) is 5.05. The van der Waals surface area contributed by atoms with E-state index in [2.05, 4.69) is 21.8 Å². The molecule has 40 heavy (non-hydrogen) atoms. The van der Waals surface area contributed by atoms with Crippen LogP contribution in [-0.2, 0) is 27.5 Å². The Balaban J connectivity index is 0.000000213. The van der Waals surface area contributed by atoms with Gasteiger partial charge < -0.3 is 14.5 Å². The first-order valence-corrected chi connectivity index (χ1v) is 13.0. The number of fused-ring (bicyclic) bond motifs is 2. The second kappa shape index (κ2) is 14.2. The fourth-order valence-corrected chi connectivity index (χ4v) is 4.79. The number of likely N-dealkylation sites (tertiary alicyclic amines) is 1. The molecule has 2 unspecified atom stereocenters. The van der Waals surface area contributed by atoms with Crippen LogP contribution < -0.4 is 11.1 Å². The minimum absolute atomic E-state index is 0.0530. The number of carbonyl (C=O) groups is 1. The van der Waals surface area contributed by atoms with Gasteiger partial charge in [0.15, 0.2) is 0 Å². The Hall–Kier alpha value is -4.31. The number of hydrogen-bond acceptors (Lipinski definition) is 9. The zero-order valence-electron chi connectivity index (χ0n) is 22.8. The summed E-state index contributed by atoms with van der Waals surface area (Å²) in [5.74, 6) is 0. The Labute approximate surface area is 230 Å². The number of piperidine rings is 1. The van der Waals surface area contributed by atoms with Gasteiger partial charge in [0.1, 0.15) is 6.29 Å². The first-order chi connectivity index (χ1) is 19.2. The highest BCUT2D eigenvalue weighted by Gasteiger charge is 2.23. The van der Waals surface area contributed by atoms with Crippen LogP contribution in [0.4, 0.5) is 0 Å². The lowest BCUT2D eigenvalue weighted by molar-refractivity contribution is -0.191. The number of aromatic nitrogens is 4. The van der Waals surface area contributed by atoms with Gasteiger partial charge in [0.05, 0.1) is 47.1 Å². The molecule has 2 aromatic carbocycles. The number of hydrogen-bond donors (Lipinski definition) is 1. The molecule has 0 spiro atoms. The average Bonchev–Trinajstić information content (AvgIpc) is 2.92. The zero-order valence-corrected chi connectivity index (χ0v) is 22.8. The van der Waals surface area contributed by atoms with Crippen molar-refractivity contribution in [2.24, 2.45) is 0 Å². The van der Waals surface area contributed by atoms with Crippen LogP contribution in [0.25, 0.3) is 22.1 Å². The minimum Gasteiger partial charge on any atom is -0.393 e. The molecule has 1 fully saturated rings. The van der Waals surface area contributed by atoms with Crippen molar-refractivity contribution in [1.82, 2.24) is 24.0 Å². The molecule has 11 nitrogen and oxygen atoms in total. The van der Waals surface area contributed by atoms with Crippen LogP contribution in [0.1, 0.15) is 30.9 Å². The lowest BCUT2D eigenvalue weighted by Crippen LogP contribution is -2.44. The average molecular weight is 548 g/mol. The molecule has 5 rings (SSSR count). The van der Waals surface area contributed by atoms with Crippen LogP contribution in [0, 0.1) is 13.8 Å². The first kappa shape index (κ1) is 30.2. The van der Waals surface area contributed by atoms with Gasteiger partial charge in [-0.1, -0.05) is 12.1 Å². The summed E-state index contributed by atoms with van der Waals surface area (Å²) in [4.78, 5) is 61.0. The molecule has 1 saturated heterocycles. The molecule has 11 heteroatoms. The van der Waals surface area contributed by atoms with Gasteiger partial charge in [0, 0.05) is 25.7 Å². The molecule has 210 valence electrons. The SMILES string of the molecule is Cc1ccc2ncc(=O)n(CC=O)c2c1.Cc1ccc2ncc(=O)n(CCN3CCC(O)CC3C)c2c1.O=C=O. The van der Waals surface area contributed by atoms with Crippen LogP contribution in [0.2, 0.25) is 0 Å². The van der Waals surface area contributed by atoms with Crippen LogP contribution >= 0.6 is 0 Å². The van der Waals surface area contributed by atoms with Crippen LogP contribution in [-0.4, -0.2) is 66.8 Å². The van der Waals surface area contributed by atoms with Gasteiger partial charge in [-0.15, -0.1) is 0 Å². The molecular weight excluding hydrogens is 514 g/mol. The Bertz CT molecular complexity index is 1620. The summed E-state index contributed by atoms with van der Waals surface area (Å²) in [5, 5.41) is 9.71. The third-order valence-electron chi connectivity index (χ3n) is 6.86. The van der Waals surface area contributed by atoms with E-state index in [9.17, 15) is 19.5 Å². The van der Waals surface area contributed by atoms with Crippen molar-refractivity contribution in [3.05, 3.63) is 80.6 Å². The fourth-order valence-electron chi connectivity index (χ4n) is 4.79. The van der Waals surface area contributed by atoms with Crippen molar-refractivity contribution < 1.29 is 19.5 Å². The van der Waals surface area contributed by atoms with E-state index in [0.29, 0.717) is 24.4 Å². The number of aliphatic hydroxyl groups excluding tert-OH is 1. The summed E-state index contributed by atoms with van der Waals surface area (Å²) >= 11 is 0. The van der Waals surface area contributed by atoms with Crippen molar-refractivity contribution in [3.63, 3.8) is 0 Å². The third-order valence-corrected chi connectivity index (χ3v) is 6.86. The molecule has 1 N–H and O–H groups in total. The minimum atomic E-state index is -0.250. The van der Waals surface area contributed by atoms with Crippen LogP contribution in [0.15, 0.2) is 58.4 Å². The van der Waals surface area contributed by atoms with Crippen LogP contribution in [0.5, 0.6) is 0 Å². The molecule has 4 aromatic rings. The summed E-state index contributed by atoms with van der Waals surface area (Å²) < 4.78 is 3.23. The van der Waals surface area contributed by atoms with Crippen molar-refractivity contribution in [2.75, 3.05) is 13.1 Å². The quantitative estimate of drug-likeness (QED) is 0.370. The maximum atomic E-state index is 12.2. The van der Waals surface area contributed by atoms with Gasteiger partial charge >= 0.3 is 6.15 Å². The van der Waals surface area contributed by atoms with Gasteiger partial charge in [-0.25, -0.2) is 9.97 Å². The standard InChI is InChI=1S/C17H23N3O2.C11H10N2O2.CO2/c1-12-3-4-15-16(9-12)20(17(22)11-18-15)8-7-19-6-5-14(21)10-13(19)2;1-8-2-3-9-10(6-8)13(4-5-14)11(15)7-12-9;2-1-3/h3-4,9,11,13-14,21H,5-8,10H2,1-2H3;2-3,5-7H,4H2,1H3;. The topological polar surface area (TPSA) is 144 Å². The fraction of sp³-hybridized carbons (Fsp3) is 0.379. The second-order valence-electron chi connectivity index (χ2n) is 9.75. The Morgan fingerprint density at radius 3 is 1.98 bits per heavy atom. The second-order valence-corrected chi connectivity index (χ2v) is 9.75. The summed E-state index contributed by atoms with van der Waals surface area (Å²) in [6, 6.07) is 12.0. The maximum absolute atomic E-state index is 12.2. The normalized spacial score (nSPS) is 16.8. The van der Waals surface area contributed by atoms with Crippen LogP contribution in [0.3, 0.4) is 0 Å². The predicted octanol–water partition coefficient (Wildman–Crippen LogP) is 1.87. The number of benzene rings is 2. The molecule has 0 bridgehead atoms. The summed E-state index contributed by atoms with van der Waals surface area (Å²) in [6.45, 7) is 8.53. The zero-order chi connectivity index (χ0) is 29.2. The monoisotopic (exact) mass is 547 g/mol. The van der Waals surface area contributed by atoms with Gasteiger partial charge in [0.2, 0.25) is 0 Å². The predicted molar refractivity (Wildman–Crippen MR) is 149 cm³/mol. The van der Waals surface area contributed by atoms with Gasteiger partial charge in [-0.05, 0) is 69.0 Å². The summed E-state index contributed by atoms with van der Waals surface area (Å²) in [5.41, 5.74) is 5.04. The Morgan fingerprint density at radius 2 is 1.45 bits per heavy atom. The molecule has 0 amide bonds. The van der Waals surface area contributed by atoms with E-state index in [1.807, 2.05) is 54.8 Å². The molecule has 0 saturated carbocycles. The van der Waals surface area contributed by atoms with E-state index in [1.165, 1.54) is 17.0 Å². The van der Waals surface area contributed by atoms with Gasteiger partial charge in [0.25, 0.3) is 11.1 Å². The number of rotatable bonds is 5. The lowest BCUT2D eigenvalue weighted by Gasteiger charge is -2.35. The number of carbonyl (C=O) groups excluding carboxylic acids is 3. The Kier molecular flexibility index (Phi) is 10.7.